The van der Waals surface area contributed by atoms with Crippen molar-refractivity contribution in [2.45, 2.75) is 243 Å². The zero-order chi connectivity index (χ0) is 55.9. The van der Waals surface area contributed by atoms with Crippen molar-refractivity contribution in [3.63, 3.8) is 0 Å². The molecule has 3 heterocycles. The monoisotopic (exact) mass is 1120 g/mol. The summed E-state index contributed by atoms with van der Waals surface area (Å²) in [7, 11) is -11.3. The molecule has 438 valence electrons. The molecule has 2 bridgehead atoms. The number of nitrogens with two attached hydrogens (primary N) is 1. The maximum absolute atomic E-state index is 14.3. The third kappa shape index (κ3) is 27.8. The first-order chi connectivity index (χ1) is 36.2. The number of ketones is 1. The summed E-state index contributed by atoms with van der Waals surface area (Å²) < 4.78 is 59.0. The number of carbonyl (C=O) groups excluding carboxylic acids is 3. The predicted octanol–water partition coefficient (Wildman–Crippen LogP) is 8.84. The van der Waals surface area contributed by atoms with E-state index in [1.807, 2.05) is 6.92 Å². The smallest absolute Gasteiger partial charge is 0.462 e. The quantitative estimate of drug-likeness (QED) is 0.0187. The highest BCUT2D eigenvalue weighted by Crippen LogP contribution is 2.60. The molecule has 21 nitrogen and oxygen atoms in total. The lowest BCUT2D eigenvalue weighted by molar-refractivity contribution is -0.184. The summed E-state index contributed by atoms with van der Waals surface area (Å²) in [6.45, 7) is 3.85. The number of fused-ring (bicyclic) bond motifs is 3. The molecule has 0 radical (unpaired) electrons. The molecule has 1 aromatic rings. The van der Waals surface area contributed by atoms with Gasteiger partial charge >= 0.3 is 33.3 Å². The van der Waals surface area contributed by atoms with Gasteiger partial charge in [-0.05, 0) is 37.7 Å². The Morgan fingerprint density at radius 2 is 1.39 bits per heavy atom. The van der Waals surface area contributed by atoms with Crippen LogP contribution in [0.3, 0.4) is 0 Å². The summed E-state index contributed by atoms with van der Waals surface area (Å²) in [6, 6.07) is 1.23. The molecule has 11 atom stereocenters. The van der Waals surface area contributed by atoms with Gasteiger partial charge in [0.25, 0.3) is 0 Å². The average Bonchev–Trinajstić information content (AvgIpc) is 3.35. The number of carbonyl (C=O) groups is 3. The Balaban J connectivity index is 1.68. The van der Waals surface area contributed by atoms with E-state index in [0.717, 1.165) is 49.0 Å². The van der Waals surface area contributed by atoms with Crippen molar-refractivity contribution in [3.8, 4) is 0 Å². The zero-order valence-electron chi connectivity index (χ0n) is 45.5. The number of aliphatic hydroxyl groups is 4. The van der Waals surface area contributed by atoms with Crippen LogP contribution >= 0.6 is 15.6 Å². The van der Waals surface area contributed by atoms with E-state index in [0.29, 0.717) is 38.5 Å². The van der Waals surface area contributed by atoms with Crippen molar-refractivity contribution < 1.29 is 81.3 Å². The average molecular weight is 1120 g/mol. The molecule has 76 heavy (non-hydrogen) atoms. The van der Waals surface area contributed by atoms with E-state index in [9.17, 15) is 58.5 Å². The van der Waals surface area contributed by atoms with E-state index in [1.165, 1.54) is 95.0 Å². The van der Waals surface area contributed by atoms with Crippen molar-refractivity contribution in [1.82, 2.24) is 9.55 Å². The van der Waals surface area contributed by atoms with Crippen LogP contribution in [0.15, 0.2) is 29.2 Å². The van der Waals surface area contributed by atoms with Gasteiger partial charge in [-0.25, -0.2) is 13.9 Å². The second-order valence-electron chi connectivity index (χ2n) is 21.1. The fourth-order valence-electron chi connectivity index (χ4n) is 9.45. The zero-order valence-corrected chi connectivity index (χ0v) is 47.2. The standard InChI is InChI=1S/C53H93N3O18P2/c1-4-5-21-27-40(57)31-32-42-44(58)35-45(59)43-28-23-19-20-25-30-49(61)72-41(36-69-48(60)29-24-18-16-14-12-10-8-6-7-9-11-13-15-17-22-26-39(2)3)37-70-75(65,66)74-76(67,68)71-38-46(51(63)50(42)62)73-52(43)56-34-33-47(54)55-53(56)64/h31-34,39-44,46,50-52,57-58,62-63H,4-30,35-38H2,1-3H3,(H,65,66)(H,67,68)(H2,54,55,64)/b32-31-/t40-,41+,42-,43-,44+,46+,50-,51+,52+/m0/s1. The molecule has 2 aliphatic heterocycles. The number of aromatic nitrogens is 2. The van der Waals surface area contributed by atoms with Gasteiger partial charge in [0.2, 0.25) is 0 Å². The number of anilines is 1. The third-order valence-electron chi connectivity index (χ3n) is 13.9. The summed E-state index contributed by atoms with van der Waals surface area (Å²) in [4.78, 5) is 78.5. The van der Waals surface area contributed by atoms with E-state index < -0.39 is 120 Å². The van der Waals surface area contributed by atoms with E-state index in [4.69, 9.17) is 29.0 Å². The first kappa shape index (κ1) is 67.4. The number of esters is 2. The minimum Gasteiger partial charge on any atom is -0.462 e. The molecule has 0 saturated carbocycles. The Morgan fingerprint density at radius 3 is 2.00 bits per heavy atom. The molecule has 0 amide bonds. The van der Waals surface area contributed by atoms with Crippen LogP contribution in [0.25, 0.3) is 0 Å². The van der Waals surface area contributed by atoms with E-state index >= 15 is 0 Å². The molecule has 2 fully saturated rings. The van der Waals surface area contributed by atoms with Crippen molar-refractivity contribution >= 4 is 39.2 Å². The SMILES string of the molecule is CCCCC[C@H](O)/C=C\[C@@H]1[C@H](O)[C@H](O)[C@H]2COP(=O)(O)OP(=O)(O)OC[C@@H](COC(=O)CCCCCCCCCCCCCCCCCC(C)C)OC(=O)CCCCCC[C@@H](C(=O)C[C@H]1O)[C@H](n1ccc(N)nc1=O)O2. The van der Waals surface area contributed by atoms with E-state index in [-0.39, 0.29) is 31.5 Å². The first-order valence-corrected chi connectivity index (χ1v) is 31.2. The molecular formula is C53H93N3O18P2. The van der Waals surface area contributed by atoms with E-state index in [2.05, 4.69) is 23.1 Å². The van der Waals surface area contributed by atoms with Crippen molar-refractivity contribution in [2.75, 3.05) is 25.6 Å². The minimum absolute atomic E-state index is 0.000423. The molecule has 0 aromatic carbocycles. The molecule has 0 spiro atoms. The lowest BCUT2D eigenvalue weighted by atomic mass is 9.83. The number of ether oxygens (including phenoxy) is 3. The van der Waals surface area contributed by atoms with Crippen LogP contribution in [-0.2, 0) is 51.1 Å². The Hall–Kier alpha value is -2.91. The van der Waals surface area contributed by atoms with Crippen molar-refractivity contribution in [1.29, 1.82) is 0 Å². The number of aliphatic hydroxyl groups excluding tert-OH is 4. The van der Waals surface area contributed by atoms with E-state index in [1.54, 1.807) is 0 Å². The number of rotatable bonds is 27. The van der Waals surface area contributed by atoms with Crippen LogP contribution in [0, 0.1) is 17.8 Å². The molecule has 8 N–H and O–H groups in total. The fraction of sp³-hybridized carbons (Fsp3) is 0.830. The molecule has 2 saturated heterocycles. The number of Topliss-reactive ketones (excluding diaryl/α,β-unsaturated/α-hetero) is 1. The molecule has 3 rings (SSSR count). The summed E-state index contributed by atoms with van der Waals surface area (Å²) >= 11 is 0. The molecule has 1 aromatic heterocycles. The second kappa shape index (κ2) is 37.1. The predicted molar refractivity (Wildman–Crippen MR) is 285 cm³/mol. The van der Waals surface area contributed by atoms with Gasteiger partial charge in [-0.1, -0.05) is 168 Å². The topological polar surface area (TPSA) is 323 Å². The van der Waals surface area contributed by atoms with Crippen molar-refractivity contribution in [2.24, 2.45) is 17.8 Å². The lowest BCUT2D eigenvalue weighted by Gasteiger charge is -2.38. The summed E-state index contributed by atoms with van der Waals surface area (Å²) in [5.74, 6) is -4.11. The molecular weight excluding hydrogens is 1030 g/mol. The summed E-state index contributed by atoms with van der Waals surface area (Å²) in [5, 5.41) is 45.5. The van der Waals surface area contributed by atoms with Gasteiger partial charge in [-0.2, -0.15) is 9.29 Å². The normalized spacial score (nSPS) is 28.6. The number of nitrogen functional groups attached to an aromatic ring is 1. The first-order valence-electron chi connectivity index (χ1n) is 28.2. The second-order valence-corrected chi connectivity index (χ2v) is 24.1. The highest BCUT2D eigenvalue weighted by Gasteiger charge is 2.45. The molecule has 2 aliphatic rings. The number of hydrogen-bond donors (Lipinski definition) is 7. The van der Waals surface area contributed by atoms with Crippen LogP contribution in [0.1, 0.15) is 207 Å². The van der Waals surface area contributed by atoms with Crippen LogP contribution in [-0.4, -0.2) is 114 Å². The maximum Gasteiger partial charge on any atom is 0.481 e. The van der Waals surface area contributed by atoms with Gasteiger partial charge in [-0.15, -0.1) is 0 Å². The van der Waals surface area contributed by atoms with Gasteiger partial charge in [0.05, 0.1) is 37.4 Å². The molecule has 0 aliphatic carbocycles. The Labute approximate surface area is 450 Å². The fourth-order valence-corrected chi connectivity index (χ4v) is 11.6. The van der Waals surface area contributed by atoms with Gasteiger partial charge in [0.1, 0.15) is 36.6 Å². The van der Waals surface area contributed by atoms with Crippen LogP contribution < -0.4 is 11.4 Å². The highest BCUT2D eigenvalue weighted by molar-refractivity contribution is 7.61. The third-order valence-corrected chi connectivity index (χ3v) is 16.5. The Bertz CT molecular complexity index is 2010. The van der Waals surface area contributed by atoms with Gasteiger partial charge in [-0.3, -0.25) is 28.0 Å². The number of phosphoric ester groups is 2. The number of hydrogen-bond acceptors (Lipinski definition) is 18. The number of unbranched alkanes of at least 4 members (excludes halogenated alkanes) is 16. The van der Waals surface area contributed by atoms with Crippen LogP contribution in [0.5, 0.6) is 0 Å². The summed E-state index contributed by atoms with van der Waals surface area (Å²) in [5.41, 5.74) is 4.76. The van der Waals surface area contributed by atoms with Crippen LogP contribution in [0.4, 0.5) is 5.82 Å². The Morgan fingerprint density at radius 1 is 0.816 bits per heavy atom. The van der Waals surface area contributed by atoms with Gasteiger partial charge < -0.3 is 50.2 Å². The van der Waals surface area contributed by atoms with Crippen molar-refractivity contribution in [3.05, 3.63) is 34.9 Å². The van der Waals surface area contributed by atoms with Crippen LogP contribution in [0.2, 0.25) is 0 Å². The van der Waals surface area contributed by atoms with Gasteiger partial charge in [0.15, 0.2) is 6.10 Å². The minimum atomic E-state index is -5.71. The van der Waals surface area contributed by atoms with Gasteiger partial charge in [0, 0.05) is 31.4 Å². The molecule has 23 heteroatoms. The number of cyclic esters (lactones) is 1. The lowest BCUT2D eigenvalue weighted by Crippen LogP contribution is -2.51. The molecule has 2 unspecified atom stereocenters. The number of phosphoric acid groups is 2. The Kier molecular flexibility index (Phi) is 32.9. The largest absolute Gasteiger partial charge is 0.481 e. The maximum atomic E-state index is 14.3. The summed E-state index contributed by atoms with van der Waals surface area (Å²) in [6.07, 6.45) is 14.2. The number of nitrogens with zero attached hydrogens (tertiary/aromatic N) is 2. The highest BCUT2D eigenvalue weighted by atomic mass is 31.3.